The highest BCUT2D eigenvalue weighted by molar-refractivity contribution is 7.10. The minimum absolute atomic E-state index is 0.146. The van der Waals surface area contributed by atoms with Crippen LogP contribution >= 0.6 is 11.3 Å². The number of thiophene rings is 1. The number of nitrogens with zero attached hydrogens (tertiary/aromatic N) is 3. The molecule has 6 nitrogen and oxygen atoms in total. The first-order valence-electron chi connectivity index (χ1n) is 8.68. The number of aryl methyl sites for hydroxylation is 1. The maximum absolute atomic E-state index is 12.8. The van der Waals surface area contributed by atoms with E-state index < -0.39 is 0 Å². The number of aromatic hydroxyl groups is 1. The number of rotatable bonds is 6. The summed E-state index contributed by atoms with van der Waals surface area (Å²) >= 11 is 1.56. The highest BCUT2D eigenvalue weighted by Gasteiger charge is 2.41. The van der Waals surface area contributed by atoms with Gasteiger partial charge in [0, 0.05) is 35.9 Å². The van der Waals surface area contributed by atoms with Crippen LogP contribution in [-0.4, -0.2) is 37.1 Å². The van der Waals surface area contributed by atoms with Crippen molar-refractivity contribution in [3.63, 3.8) is 0 Å². The molecule has 1 atom stereocenters. The van der Waals surface area contributed by atoms with Crippen LogP contribution < -0.4 is 0 Å². The molecule has 2 aromatic heterocycles. The number of hydrogen-bond donors (Lipinski definition) is 2. The number of phenolic OH excluding ortho intramolecular Hbond substituents is 1. The Bertz CT molecular complexity index is 947. The average molecular weight is 381 g/mol. The van der Waals surface area contributed by atoms with Crippen molar-refractivity contribution in [3.8, 4) is 5.75 Å². The molecule has 0 fully saturated rings. The Hall–Kier alpha value is -3.06. The summed E-state index contributed by atoms with van der Waals surface area (Å²) in [6.45, 7) is 1.27. The lowest BCUT2D eigenvalue weighted by Gasteiger charge is -2.26. The van der Waals surface area contributed by atoms with Crippen LogP contribution in [0.1, 0.15) is 22.9 Å². The van der Waals surface area contributed by atoms with Crippen LogP contribution in [0.2, 0.25) is 0 Å². The van der Waals surface area contributed by atoms with Gasteiger partial charge in [-0.1, -0.05) is 18.2 Å². The molecule has 138 valence electrons. The topological polar surface area (TPSA) is 78.6 Å². The normalized spacial score (nSPS) is 17.1. The Morgan fingerprint density at radius 3 is 2.59 bits per heavy atom. The molecular weight excluding hydrogens is 362 g/mol. The molecule has 0 radical (unpaired) electrons. The molecule has 0 saturated carbocycles. The van der Waals surface area contributed by atoms with E-state index in [4.69, 9.17) is 0 Å². The minimum Gasteiger partial charge on any atom is -0.508 e. The van der Waals surface area contributed by atoms with Crippen LogP contribution in [0.4, 0.5) is 0 Å². The third-order valence-electron chi connectivity index (χ3n) is 4.67. The number of benzene rings is 1. The van der Waals surface area contributed by atoms with Crippen molar-refractivity contribution in [2.45, 2.75) is 19.0 Å². The summed E-state index contributed by atoms with van der Waals surface area (Å²) in [6.07, 6.45) is 6.12. The van der Waals surface area contributed by atoms with E-state index in [1.807, 2.05) is 28.3 Å². The average Bonchev–Trinajstić information content (AvgIpc) is 3.41. The van der Waals surface area contributed by atoms with Gasteiger partial charge in [-0.2, -0.15) is 0 Å². The zero-order valence-electron chi connectivity index (χ0n) is 14.5. The van der Waals surface area contributed by atoms with Gasteiger partial charge in [0.1, 0.15) is 5.75 Å². The largest absolute Gasteiger partial charge is 0.508 e. The van der Waals surface area contributed by atoms with E-state index in [0.29, 0.717) is 12.1 Å². The van der Waals surface area contributed by atoms with Crippen molar-refractivity contribution in [2.24, 2.45) is 0 Å². The molecule has 3 heterocycles. The molecule has 1 aliphatic rings. The first kappa shape index (κ1) is 17.4. The number of aromatic nitrogens is 2. The van der Waals surface area contributed by atoms with Gasteiger partial charge in [0.05, 0.1) is 12.4 Å². The van der Waals surface area contributed by atoms with Gasteiger partial charge in [-0.25, -0.2) is 4.98 Å². The number of aliphatic hydroxyl groups is 1. The van der Waals surface area contributed by atoms with Crippen molar-refractivity contribution in [1.82, 2.24) is 14.5 Å². The van der Waals surface area contributed by atoms with Gasteiger partial charge in [-0.15, -0.1) is 11.3 Å². The monoisotopic (exact) mass is 381 g/mol. The fraction of sp³-hybridized carbons (Fsp3) is 0.200. The number of hydrogen-bond acceptors (Lipinski definition) is 5. The SMILES string of the molecule is O=C1C(O)=C(c2ccc(O)cc2)C(c2cccs2)N1CCCn1ccnc1. The number of carbonyl (C=O) groups excluding carboxylic acids is 1. The Kier molecular flexibility index (Phi) is 4.68. The first-order chi connectivity index (χ1) is 13.1. The molecule has 0 aliphatic carbocycles. The molecule has 0 spiro atoms. The molecule has 0 bridgehead atoms. The Balaban J connectivity index is 1.63. The van der Waals surface area contributed by atoms with E-state index in [-0.39, 0.29) is 23.5 Å². The third kappa shape index (κ3) is 3.33. The molecule has 1 aliphatic heterocycles. The fourth-order valence-electron chi connectivity index (χ4n) is 3.41. The molecule has 1 aromatic carbocycles. The lowest BCUT2D eigenvalue weighted by atomic mass is 9.98. The lowest BCUT2D eigenvalue weighted by Crippen LogP contribution is -2.31. The van der Waals surface area contributed by atoms with Crippen molar-refractivity contribution in [1.29, 1.82) is 0 Å². The number of imidazole rings is 1. The van der Waals surface area contributed by atoms with Gasteiger partial charge in [-0.05, 0) is 35.6 Å². The molecule has 27 heavy (non-hydrogen) atoms. The highest BCUT2D eigenvalue weighted by atomic mass is 32.1. The van der Waals surface area contributed by atoms with E-state index in [9.17, 15) is 15.0 Å². The van der Waals surface area contributed by atoms with Crippen molar-refractivity contribution in [3.05, 3.63) is 76.7 Å². The van der Waals surface area contributed by atoms with E-state index in [0.717, 1.165) is 23.4 Å². The molecule has 0 saturated heterocycles. The van der Waals surface area contributed by atoms with E-state index >= 15 is 0 Å². The van der Waals surface area contributed by atoms with Crippen molar-refractivity contribution < 1.29 is 15.0 Å². The number of aliphatic hydroxyl groups excluding tert-OH is 1. The first-order valence-corrected chi connectivity index (χ1v) is 9.56. The van der Waals surface area contributed by atoms with Crippen LogP contribution in [0, 0.1) is 0 Å². The van der Waals surface area contributed by atoms with Crippen LogP contribution in [0.5, 0.6) is 5.75 Å². The zero-order valence-corrected chi connectivity index (χ0v) is 15.3. The molecular formula is C20H19N3O3S. The van der Waals surface area contributed by atoms with E-state index in [2.05, 4.69) is 4.98 Å². The predicted octanol–water partition coefficient (Wildman–Crippen LogP) is 3.59. The third-order valence-corrected chi connectivity index (χ3v) is 5.59. The standard InChI is InChI=1S/C20H19N3O3S/c24-15-6-4-14(5-7-15)17-18(16-3-1-12-27-16)23(20(26)19(17)25)10-2-9-22-11-8-21-13-22/h1,3-8,11-13,18,24-25H,2,9-10H2. The quantitative estimate of drug-likeness (QED) is 0.684. The highest BCUT2D eigenvalue weighted by Crippen LogP contribution is 2.44. The Morgan fingerprint density at radius 1 is 1.11 bits per heavy atom. The van der Waals surface area contributed by atoms with Crippen molar-refractivity contribution >= 4 is 22.8 Å². The number of phenols is 1. The second-order valence-corrected chi connectivity index (χ2v) is 7.36. The van der Waals surface area contributed by atoms with Crippen LogP contribution in [0.15, 0.2) is 66.3 Å². The minimum atomic E-state index is -0.359. The van der Waals surface area contributed by atoms with Crippen LogP contribution in [-0.2, 0) is 11.3 Å². The fourth-order valence-corrected chi connectivity index (χ4v) is 4.25. The smallest absolute Gasteiger partial charge is 0.289 e. The van der Waals surface area contributed by atoms with Crippen molar-refractivity contribution in [2.75, 3.05) is 6.54 Å². The summed E-state index contributed by atoms with van der Waals surface area (Å²) in [5.41, 5.74) is 1.32. The summed E-state index contributed by atoms with van der Waals surface area (Å²) in [7, 11) is 0. The van der Waals surface area contributed by atoms with E-state index in [1.165, 1.54) is 0 Å². The van der Waals surface area contributed by atoms with Gasteiger partial charge in [0.2, 0.25) is 0 Å². The number of amides is 1. The second-order valence-electron chi connectivity index (χ2n) is 6.38. The van der Waals surface area contributed by atoms with Gasteiger partial charge >= 0.3 is 0 Å². The van der Waals surface area contributed by atoms with Gasteiger partial charge in [0.15, 0.2) is 5.76 Å². The zero-order chi connectivity index (χ0) is 18.8. The number of carbonyl (C=O) groups is 1. The molecule has 1 amide bonds. The summed E-state index contributed by atoms with van der Waals surface area (Å²) in [5, 5.41) is 22.1. The van der Waals surface area contributed by atoms with Gasteiger partial charge in [0.25, 0.3) is 5.91 Å². The molecule has 1 unspecified atom stereocenters. The summed E-state index contributed by atoms with van der Waals surface area (Å²) in [6, 6.07) is 10.2. The molecule has 4 rings (SSSR count). The Morgan fingerprint density at radius 2 is 1.93 bits per heavy atom. The molecule has 3 aromatic rings. The molecule has 2 N–H and O–H groups in total. The lowest BCUT2D eigenvalue weighted by molar-refractivity contribution is -0.129. The molecule has 7 heteroatoms. The van der Waals surface area contributed by atoms with E-state index in [1.54, 1.807) is 53.0 Å². The van der Waals surface area contributed by atoms with Gasteiger partial charge in [-0.3, -0.25) is 4.79 Å². The summed E-state index contributed by atoms with van der Waals surface area (Å²) in [5.74, 6) is -0.433. The predicted molar refractivity (Wildman–Crippen MR) is 103 cm³/mol. The van der Waals surface area contributed by atoms with Gasteiger partial charge < -0.3 is 19.7 Å². The summed E-state index contributed by atoms with van der Waals surface area (Å²) in [4.78, 5) is 19.6. The second kappa shape index (κ2) is 7.28. The summed E-state index contributed by atoms with van der Waals surface area (Å²) < 4.78 is 1.97. The maximum atomic E-state index is 12.8. The Labute approximate surface area is 160 Å². The van der Waals surface area contributed by atoms with Crippen LogP contribution in [0.3, 0.4) is 0 Å². The van der Waals surface area contributed by atoms with Crippen LogP contribution in [0.25, 0.3) is 5.57 Å². The maximum Gasteiger partial charge on any atom is 0.289 e.